The Morgan fingerprint density at radius 1 is 1.10 bits per heavy atom. The highest BCUT2D eigenvalue weighted by molar-refractivity contribution is 6.30. The van der Waals surface area contributed by atoms with Crippen molar-refractivity contribution >= 4 is 11.6 Å². The Labute approximate surface area is 131 Å². The number of methoxy groups -OCH3 is 1. The van der Waals surface area contributed by atoms with Gasteiger partial charge in [0.25, 0.3) is 0 Å². The summed E-state index contributed by atoms with van der Waals surface area (Å²) in [7, 11) is 1.65. The number of benzene rings is 2. The van der Waals surface area contributed by atoms with Gasteiger partial charge in [-0.15, -0.1) is 0 Å². The van der Waals surface area contributed by atoms with Gasteiger partial charge in [-0.2, -0.15) is 0 Å². The molecule has 112 valence electrons. The van der Waals surface area contributed by atoms with Crippen LogP contribution in [0.5, 0.6) is 5.75 Å². The zero-order valence-electron chi connectivity index (χ0n) is 12.5. The van der Waals surface area contributed by atoms with Crippen molar-refractivity contribution < 1.29 is 9.84 Å². The van der Waals surface area contributed by atoms with Crippen molar-refractivity contribution in [3.63, 3.8) is 0 Å². The van der Waals surface area contributed by atoms with Gasteiger partial charge >= 0.3 is 0 Å². The standard InChI is InChI=1S/C18H21ClO2/c1-13-3-5-14(6-4-13)9-15(12-20)10-16-11-17(19)7-8-18(16)21-2/h3-8,11,15,20H,9-10,12H2,1-2H3. The summed E-state index contributed by atoms with van der Waals surface area (Å²) < 4.78 is 5.37. The predicted molar refractivity (Wildman–Crippen MR) is 87.2 cm³/mol. The maximum Gasteiger partial charge on any atom is 0.122 e. The molecule has 2 rings (SSSR count). The van der Waals surface area contributed by atoms with E-state index in [4.69, 9.17) is 16.3 Å². The number of aliphatic hydroxyl groups is 1. The fourth-order valence-corrected chi connectivity index (χ4v) is 2.67. The molecule has 0 spiro atoms. The SMILES string of the molecule is COc1ccc(Cl)cc1CC(CO)Cc1ccc(C)cc1. The minimum atomic E-state index is 0.142. The molecule has 1 unspecified atom stereocenters. The molecule has 3 heteroatoms. The number of rotatable bonds is 6. The molecule has 0 aliphatic carbocycles. The molecule has 0 saturated carbocycles. The summed E-state index contributed by atoms with van der Waals surface area (Å²) in [4.78, 5) is 0. The third kappa shape index (κ3) is 4.48. The normalized spacial score (nSPS) is 12.2. The molecule has 0 heterocycles. The monoisotopic (exact) mass is 304 g/mol. The first kappa shape index (κ1) is 15.9. The highest BCUT2D eigenvalue weighted by Gasteiger charge is 2.13. The fourth-order valence-electron chi connectivity index (χ4n) is 2.48. The Hall–Kier alpha value is -1.51. The lowest BCUT2D eigenvalue weighted by Crippen LogP contribution is -2.13. The third-order valence-electron chi connectivity index (χ3n) is 3.65. The Kier molecular flexibility index (Phi) is 5.66. The average molecular weight is 305 g/mol. The summed E-state index contributed by atoms with van der Waals surface area (Å²) in [5.41, 5.74) is 3.52. The van der Waals surface area contributed by atoms with Crippen LogP contribution in [0.4, 0.5) is 0 Å². The van der Waals surface area contributed by atoms with E-state index in [2.05, 4.69) is 31.2 Å². The van der Waals surface area contributed by atoms with Crippen LogP contribution in [0.1, 0.15) is 16.7 Å². The quantitative estimate of drug-likeness (QED) is 0.872. The van der Waals surface area contributed by atoms with Gasteiger partial charge in [-0.3, -0.25) is 0 Å². The molecule has 0 amide bonds. The number of aliphatic hydroxyl groups excluding tert-OH is 1. The van der Waals surface area contributed by atoms with Crippen LogP contribution in [-0.4, -0.2) is 18.8 Å². The summed E-state index contributed by atoms with van der Waals surface area (Å²) >= 11 is 6.06. The minimum absolute atomic E-state index is 0.142. The van der Waals surface area contributed by atoms with Crippen molar-refractivity contribution in [3.05, 3.63) is 64.2 Å². The number of hydrogen-bond acceptors (Lipinski definition) is 2. The summed E-state index contributed by atoms with van der Waals surface area (Å²) in [6.07, 6.45) is 1.58. The fraction of sp³-hybridized carbons (Fsp3) is 0.333. The van der Waals surface area contributed by atoms with Crippen molar-refractivity contribution in [2.75, 3.05) is 13.7 Å². The molecular formula is C18H21ClO2. The first-order valence-corrected chi connectivity index (χ1v) is 7.49. The highest BCUT2D eigenvalue weighted by Crippen LogP contribution is 2.26. The molecule has 0 saturated heterocycles. The summed E-state index contributed by atoms with van der Waals surface area (Å²) in [6.45, 7) is 2.22. The van der Waals surface area contributed by atoms with E-state index in [9.17, 15) is 5.11 Å². The second-order valence-corrected chi connectivity index (χ2v) is 5.84. The molecule has 2 aromatic carbocycles. The van der Waals surface area contributed by atoms with E-state index in [0.717, 1.165) is 24.2 Å². The second-order valence-electron chi connectivity index (χ2n) is 5.40. The van der Waals surface area contributed by atoms with Crippen LogP contribution >= 0.6 is 11.6 Å². The number of ether oxygens (including phenoxy) is 1. The second kappa shape index (κ2) is 7.48. The average Bonchev–Trinajstić information content (AvgIpc) is 2.49. The number of halogens is 1. The molecule has 0 bridgehead atoms. The van der Waals surface area contributed by atoms with Crippen LogP contribution in [0.25, 0.3) is 0 Å². The van der Waals surface area contributed by atoms with Gasteiger partial charge in [-0.05, 0) is 55.0 Å². The zero-order chi connectivity index (χ0) is 15.2. The van der Waals surface area contributed by atoms with Crippen LogP contribution < -0.4 is 4.74 Å². The minimum Gasteiger partial charge on any atom is -0.496 e. The molecule has 21 heavy (non-hydrogen) atoms. The van der Waals surface area contributed by atoms with E-state index < -0.39 is 0 Å². The maximum atomic E-state index is 9.66. The lowest BCUT2D eigenvalue weighted by Gasteiger charge is -2.17. The summed E-state index contributed by atoms with van der Waals surface area (Å²) in [5, 5.41) is 10.4. The van der Waals surface area contributed by atoms with Gasteiger partial charge in [0, 0.05) is 11.6 Å². The topological polar surface area (TPSA) is 29.5 Å². The van der Waals surface area contributed by atoms with Gasteiger partial charge in [-0.25, -0.2) is 0 Å². The van der Waals surface area contributed by atoms with Crippen molar-refractivity contribution in [2.45, 2.75) is 19.8 Å². The van der Waals surface area contributed by atoms with Gasteiger partial charge in [0.2, 0.25) is 0 Å². The molecule has 0 fully saturated rings. The summed E-state index contributed by atoms with van der Waals surface area (Å²) in [5.74, 6) is 0.974. The Bertz CT molecular complexity index is 578. The first-order valence-electron chi connectivity index (χ1n) is 7.11. The van der Waals surface area contributed by atoms with Crippen molar-refractivity contribution in [1.29, 1.82) is 0 Å². The zero-order valence-corrected chi connectivity index (χ0v) is 13.2. The molecular weight excluding hydrogens is 284 g/mol. The number of aryl methyl sites for hydroxylation is 1. The maximum absolute atomic E-state index is 9.66. The highest BCUT2D eigenvalue weighted by atomic mass is 35.5. The van der Waals surface area contributed by atoms with Crippen LogP contribution in [-0.2, 0) is 12.8 Å². The lowest BCUT2D eigenvalue weighted by atomic mass is 9.92. The molecule has 1 atom stereocenters. The van der Waals surface area contributed by atoms with E-state index in [-0.39, 0.29) is 12.5 Å². The molecule has 2 aromatic rings. The lowest BCUT2D eigenvalue weighted by molar-refractivity contribution is 0.224. The largest absolute Gasteiger partial charge is 0.496 e. The van der Waals surface area contributed by atoms with Crippen molar-refractivity contribution in [1.82, 2.24) is 0 Å². The van der Waals surface area contributed by atoms with E-state index >= 15 is 0 Å². The van der Waals surface area contributed by atoms with Gasteiger partial charge in [0.15, 0.2) is 0 Å². The molecule has 0 aromatic heterocycles. The van der Waals surface area contributed by atoms with Crippen LogP contribution in [0, 0.1) is 12.8 Å². The molecule has 0 radical (unpaired) electrons. The Balaban J connectivity index is 2.11. The van der Waals surface area contributed by atoms with E-state index in [1.807, 2.05) is 18.2 Å². The van der Waals surface area contributed by atoms with Crippen LogP contribution in [0.2, 0.25) is 5.02 Å². The van der Waals surface area contributed by atoms with Gasteiger partial charge in [-0.1, -0.05) is 41.4 Å². The van der Waals surface area contributed by atoms with Crippen molar-refractivity contribution in [3.8, 4) is 5.75 Å². The smallest absolute Gasteiger partial charge is 0.122 e. The molecule has 2 nitrogen and oxygen atoms in total. The van der Waals surface area contributed by atoms with Crippen molar-refractivity contribution in [2.24, 2.45) is 5.92 Å². The third-order valence-corrected chi connectivity index (χ3v) is 3.89. The molecule has 0 aliphatic heterocycles. The summed E-state index contributed by atoms with van der Waals surface area (Å²) in [6, 6.07) is 14.0. The first-order chi connectivity index (χ1) is 10.1. The number of hydrogen-bond donors (Lipinski definition) is 1. The van der Waals surface area contributed by atoms with E-state index in [0.29, 0.717) is 5.02 Å². The van der Waals surface area contributed by atoms with Gasteiger partial charge in [0.1, 0.15) is 5.75 Å². The predicted octanol–water partition coefficient (Wildman–Crippen LogP) is 4.05. The van der Waals surface area contributed by atoms with Crippen LogP contribution in [0.3, 0.4) is 0 Å². The van der Waals surface area contributed by atoms with E-state index in [1.54, 1.807) is 7.11 Å². The molecule has 1 N–H and O–H groups in total. The molecule has 0 aliphatic rings. The Morgan fingerprint density at radius 3 is 2.43 bits per heavy atom. The Morgan fingerprint density at radius 2 is 1.81 bits per heavy atom. The van der Waals surface area contributed by atoms with Gasteiger partial charge in [0.05, 0.1) is 7.11 Å². The van der Waals surface area contributed by atoms with E-state index in [1.165, 1.54) is 11.1 Å². The van der Waals surface area contributed by atoms with Gasteiger partial charge < -0.3 is 9.84 Å². The van der Waals surface area contributed by atoms with Crippen LogP contribution in [0.15, 0.2) is 42.5 Å².